The van der Waals surface area contributed by atoms with Gasteiger partial charge in [0.1, 0.15) is 0 Å². The maximum absolute atomic E-state index is 9.06. The first-order valence-corrected chi connectivity index (χ1v) is 5.74. The quantitative estimate of drug-likeness (QED) is 0.849. The van der Waals surface area contributed by atoms with Crippen LogP contribution in [0.3, 0.4) is 0 Å². The summed E-state index contributed by atoms with van der Waals surface area (Å²) in [5.74, 6) is 0. The minimum absolute atomic E-state index is 0.0909. The normalized spacial score (nSPS) is 13.3. The molecule has 3 N–H and O–H groups in total. The number of aliphatic hydroxyl groups is 1. The molecular weight excluding hydrogens is 232 g/mol. The molecule has 0 amide bonds. The lowest BCUT2D eigenvalue weighted by atomic mass is 10.1. The number of benzene rings is 1. The standard InChI is InChI=1S/C10H11ClN2OS/c1-5-13-9-3-6(11)2-7(8(12)4-14)10(9)15-5/h2-3,8,14H,4,12H2,1H3. The summed E-state index contributed by atoms with van der Waals surface area (Å²) in [4.78, 5) is 4.35. The largest absolute Gasteiger partial charge is 0.394 e. The Bertz CT molecular complexity index is 497. The molecule has 1 aromatic carbocycles. The van der Waals surface area contributed by atoms with Crippen molar-refractivity contribution in [3.63, 3.8) is 0 Å². The Balaban J connectivity index is 2.70. The third kappa shape index (κ3) is 1.99. The Morgan fingerprint density at radius 2 is 2.33 bits per heavy atom. The molecule has 0 radical (unpaired) electrons. The number of nitrogens with zero attached hydrogens (tertiary/aromatic N) is 1. The number of aryl methyl sites for hydroxylation is 1. The number of halogens is 1. The molecule has 0 aliphatic rings. The van der Waals surface area contributed by atoms with Gasteiger partial charge < -0.3 is 10.8 Å². The molecule has 1 aromatic heterocycles. The number of hydrogen-bond acceptors (Lipinski definition) is 4. The zero-order chi connectivity index (χ0) is 11.0. The van der Waals surface area contributed by atoms with E-state index >= 15 is 0 Å². The van der Waals surface area contributed by atoms with Crippen LogP contribution in [-0.4, -0.2) is 16.7 Å². The Hall–Kier alpha value is -0.680. The summed E-state index contributed by atoms with van der Waals surface area (Å²) in [5.41, 5.74) is 7.53. The molecule has 0 saturated heterocycles. The highest BCUT2D eigenvalue weighted by Crippen LogP contribution is 2.31. The number of hydrogen-bond donors (Lipinski definition) is 2. The molecule has 0 aliphatic carbocycles. The zero-order valence-corrected chi connectivity index (χ0v) is 9.77. The van der Waals surface area contributed by atoms with Crippen LogP contribution in [0.25, 0.3) is 10.2 Å². The molecule has 80 valence electrons. The van der Waals surface area contributed by atoms with Crippen molar-refractivity contribution in [2.45, 2.75) is 13.0 Å². The van der Waals surface area contributed by atoms with Crippen molar-refractivity contribution in [2.24, 2.45) is 5.73 Å². The number of aliphatic hydroxyl groups excluding tert-OH is 1. The van der Waals surface area contributed by atoms with Gasteiger partial charge in [-0.25, -0.2) is 4.98 Å². The van der Waals surface area contributed by atoms with Gasteiger partial charge in [0.15, 0.2) is 0 Å². The highest BCUT2D eigenvalue weighted by molar-refractivity contribution is 7.18. The SMILES string of the molecule is Cc1nc2cc(Cl)cc(C(N)CO)c2s1. The molecule has 3 nitrogen and oxygen atoms in total. The van der Waals surface area contributed by atoms with Crippen LogP contribution in [0.15, 0.2) is 12.1 Å². The van der Waals surface area contributed by atoms with Crippen LogP contribution in [0.2, 0.25) is 5.02 Å². The van der Waals surface area contributed by atoms with Crippen molar-refractivity contribution in [1.29, 1.82) is 0 Å². The van der Waals surface area contributed by atoms with Crippen molar-refractivity contribution >= 4 is 33.2 Å². The van der Waals surface area contributed by atoms with Crippen molar-refractivity contribution < 1.29 is 5.11 Å². The highest BCUT2D eigenvalue weighted by Gasteiger charge is 2.13. The zero-order valence-electron chi connectivity index (χ0n) is 8.20. The second-order valence-electron chi connectivity index (χ2n) is 3.37. The van der Waals surface area contributed by atoms with Crippen molar-refractivity contribution in [1.82, 2.24) is 4.98 Å². The van der Waals surface area contributed by atoms with E-state index in [1.165, 1.54) is 0 Å². The van der Waals surface area contributed by atoms with Crippen molar-refractivity contribution in [2.75, 3.05) is 6.61 Å². The molecule has 1 unspecified atom stereocenters. The van der Waals surface area contributed by atoms with Gasteiger partial charge in [0.25, 0.3) is 0 Å². The first-order chi connectivity index (χ1) is 7.11. The van der Waals surface area contributed by atoms with E-state index < -0.39 is 6.04 Å². The monoisotopic (exact) mass is 242 g/mol. The van der Waals surface area contributed by atoms with Gasteiger partial charge in [0.2, 0.25) is 0 Å². The van der Waals surface area contributed by atoms with E-state index in [1.807, 2.05) is 13.0 Å². The molecule has 0 saturated carbocycles. The highest BCUT2D eigenvalue weighted by atomic mass is 35.5. The lowest BCUT2D eigenvalue weighted by Gasteiger charge is -2.09. The average molecular weight is 243 g/mol. The molecule has 0 fully saturated rings. The first kappa shape index (κ1) is 10.8. The molecule has 1 heterocycles. The van der Waals surface area contributed by atoms with Gasteiger partial charge in [-0.05, 0) is 24.6 Å². The topological polar surface area (TPSA) is 59.1 Å². The average Bonchev–Trinajstić information content (AvgIpc) is 2.55. The third-order valence-corrected chi connectivity index (χ3v) is 3.44. The molecule has 2 aromatic rings. The molecule has 2 rings (SSSR count). The Morgan fingerprint density at radius 1 is 1.60 bits per heavy atom. The van der Waals surface area contributed by atoms with Crippen LogP contribution < -0.4 is 5.73 Å². The minimum atomic E-state index is -0.397. The molecule has 5 heteroatoms. The van der Waals surface area contributed by atoms with Gasteiger partial charge in [-0.1, -0.05) is 11.6 Å². The summed E-state index contributed by atoms with van der Waals surface area (Å²) >= 11 is 7.53. The van der Waals surface area contributed by atoms with Gasteiger partial charge in [-0.2, -0.15) is 0 Å². The summed E-state index contributed by atoms with van der Waals surface area (Å²) in [6.45, 7) is 1.85. The van der Waals surface area contributed by atoms with E-state index in [0.717, 1.165) is 20.8 Å². The lowest BCUT2D eigenvalue weighted by molar-refractivity contribution is 0.268. The predicted molar refractivity (Wildman–Crippen MR) is 63.4 cm³/mol. The smallest absolute Gasteiger partial charge is 0.0907 e. The van der Waals surface area contributed by atoms with Gasteiger partial charge in [-0.3, -0.25) is 0 Å². The van der Waals surface area contributed by atoms with E-state index in [-0.39, 0.29) is 6.61 Å². The van der Waals surface area contributed by atoms with Gasteiger partial charge in [0, 0.05) is 5.02 Å². The maximum Gasteiger partial charge on any atom is 0.0907 e. The van der Waals surface area contributed by atoms with Crippen LogP contribution in [0.1, 0.15) is 16.6 Å². The number of nitrogens with two attached hydrogens (primary N) is 1. The number of rotatable bonds is 2. The fourth-order valence-corrected chi connectivity index (χ4v) is 2.71. The fourth-order valence-electron chi connectivity index (χ4n) is 1.51. The maximum atomic E-state index is 9.06. The van der Waals surface area contributed by atoms with Gasteiger partial charge in [-0.15, -0.1) is 11.3 Å². The lowest BCUT2D eigenvalue weighted by Crippen LogP contribution is -2.14. The van der Waals surface area contributed by atoms with Gasteiger partial charge in [0.05, 0.1) is 27.9 Å². The van der Waals surface area contributed by atoms with Crippen molar-refractivity contribution in [3.05, 3.63) is 27.7 Å². The van der Waals surface area contributed by atoms with E-state index in [1.54, 1.807) is 17.4 Å². The summed E-state index contributed by atoms with van der Waals surface area (Å²) in [6.07, 6.45) is 0. The first-order valence-electron chi connectivity index (χ1n) is 4.55. The minimum Gasteiger partial charge on any atom is -0.394 e. The van der Waals surface area contributed by atoms with Crippen LogP contribution >= 0.6 is 22.9 Å². The van der Waals surface area contributed by atoms with Crippen LogP contribution in [0, 0.1) is 6.92 Å². The van der Waals surface area contributed by atoms with Crippen LogP contribution in [0.5, 0.6) is 0 Å². The second-order valence-corrected chi connectivity index (χ2v) is 5.00. The number of aromatic nitrogens is 1. The van der Waals surface area contributed by atoms with Crippen LogP contribution in [-0.2, 0) is 0 Å². The molecule has 0 bridgehead atoms. The Labute approximate surface area is 96.5 Å². The fraction of sp³-hybridized carbons (Fsp3) is 0.300. The second kappa shape index (κ2) is 4.06. The molecule has 1 atom stereocenters. The van der Waals surface area contributed by atoms with E-state index in [9.17, 15) is 0 Å². The molecular formula is C10H11ClN2OS. The number of thiazole rings is 1. The van der Waals surface area contributed by atoms with Gasteiger partial charge >= 0.3 is 0 Å². The Kier molecular flexibility index (Phi) is 2.93. The third-order valence-electron chi connectivity index (χ3n) is 2.19. The van der Waals surface area contributed by atoms with E-state index in [0.29, 0.717) is 5.02 Å². The number of fused-ring (bicyclic) bond motifs is 1. The summed E-state index contributed by atoms with van der Waals surface area (Å²) in [7, 11) is 0. The van der Waals surface area contributed by atoms with E-state index in [2.05, 4.69) is 4.98 Å². The summed E-state index contributed by atoms with van der Waals surface area (Å²) < 4.78 is 1.01. The summed E-state index contributed by atoms with van der Waals surface area (Å²) in [6, 6.07) is 3.21. The van der Waals surface area contributed by atoms with E-state index in [4.69, 9.17) is 22.4 Å². The molecule has 0 aliphatic heterocycles. The predicted octanol–water partition coefficient (Wildman–Crippen LogP) is 2.25. The molecule has 0 spiro atoms. The summed E-state index contributed by atoms with van der Waals surface area (Å²) in [5, 5.41) is 10.6. The van der Waals surface area contributed by atoms with Crippen LogP contribution in [0.4, 0.5) is 0 Å². The Morgan fingerprint density at radius 3 is 3.00 bits per heavy atom. The molecule has 15 heavy (non-hydrogen) atoms. The van der Waals surface area contributed by atoms with Crippen molar-refractivity contribution in [3.8, 4) is 0 Å².